The highest BCUT2D eigenvalue weighted by molar-refractivity contribution is 5.95. The summed E-state index contributed by atoms with van der Waals surface area (Å²) in [7, 11) is 0. The second-order valence-electron chi connectivity index (χ2n) is 10.1. The van der Waals surface area contributed by atoms with E-state index in [2.05, 4.69) is 5.32 Å². The smallest absolute Gasteiger partial charge is 0.306 e. The number of nitrogens with one attached hydrogen (secondary N) is 1. The van der Waals surface area contributed by atoms with Gasteiger partial charge in [-0.2, -0.15) is 0 Å². The maximum absolute atomic E-state index is 13.3. The molecular formula is C26H42N4O8. The number of aliphatic carboxylic acids is 1. The fraction of sp³-hybridized carbons (Fsp3) is 0.769. The van der Waals surface area contributed by atoms with Gasteiger partial charge in [-0.1, -0.05) is 19.8 Å². The Bertz CT molecular complexity index is 879. The van der Waals surface area contributed by atoms with Crippen molar-refractivity contribution in [1.29, 1.82) is 0 Å². The molecule has 0 aromatic rings. The van der Waals surface area contributed by atoms with Crippen LogP contribution in [0.15, 0.2) is 0 Å². The van der Waals surface area contributed by atoms with Gasteiger partial charge < -0.3 is 30.7 Å². The molecule has 4 atom stereocenters. The molecule has 214 valence electrons. The number of likely N-dealkylation sites (tertiary alicyclic amines) is 2. The van der Waals surface area contributed by atoms with Crippen molar-refractivity contribution in [3.63, 3.8) is 0 Å². The fourth-order valence-electron chi connectivity index (χ4n) is 5.08. The minimum absolute atomic E-state index is 0.0618. The summed E-state index contributed by atoms with van der Waals surface area (Å²) in [6.45, 7) is 4.27. The monoisotopic (exact) mass is 538 g/mol. The molecule has 2 fully saturated rings. The fourth-order valence-corrected chi connectivity index (χ4v) is 5.08. The predicted molar refractivity (Wildman–Crippen MR) is 136 cm³/mol. The molecule has 2 saturated heterocycles. The van der Waals surface area contributed by atoms with Crippen molar-refractivity contribution in [3.05, 3.63) is 0 Å². The lowest BCUT2D eigenvalue weighted by atomic mass is 10.1. The van der Waals surface area contributed by atoms with Gasteiger partial charge in [0, 0.05) is 32.4 Å². The molecule has 0 aromatic carbocycles. The van der Waals surface area contributed by atoms with Gasteiger partial charge >= 0.3 is 11.9 Å². The molecule has 4 N–H and O–H groups in total. The van der Waals surface area contributed by atoms with Crippen molar-refractivity contribution in [2.75, 3.05) is 13.1 Å². The zero-order valence-corrected chi connectivity index (χ0v) is 22.5. The van der Waals surface area contributed by atoms with Gasteiger partial charge in [0.25, 0.3) is 0 Å². The van der Waals surface area contributed by atoms with Crippen LogP contribution >= 0.6 is 0 Å². The highest BCUT2D eigenvalue weighted by Gasteiger charge is 2.42. The number of esters is 1. The number of carbonyl (C=O) groups excluding carboxylic acids is 5. The Balaban J connectivity index is 1.91. The number of rotatable bonds is 15. The predicted octanol–water partition coefficient (Wildman–Crippen LogP) is 1.10. The molecule has 2 aliphatic heterocycles. The second-order valence-corrected chi connectivity index (χ2v) is 10.1. The molecule has 2 aliphatic rings. The van der Waals surface area contributed by atoms with Gasteiger partial charge in [-0.05, 0) is 51.9 Å². The van der Waals surface area contributed by atoms with Crippen LogP contribution in [0.1, 0.15) is 90.9 Å². The first-order valence-corrected chi connectivity index (χ1v) is 13.7. The Kier molecular flexibility index (Phi) is 12.5. The Morgan fingerprint density at radius 3 is 2.13 bits per heavy atom. The number of ether oxygens (including phenoxy) is 1. The molecule has 0 aromatic heterocycles. The third-order valence-electron chi connectivity index (χ3n) is 7.07. The number of carboxylic acid groups (broad SMARTS) is 1. The average Bonchev–Trinajstić information content (AvgIpc) is 3.54. The van der Waals surface area contributed by atoms with Gasteiger partial charge in [-0.3, -0.25) is 28.8 Å². The summed E-state index contributed by atoms with van der Waals surface area (Å²) < 4.78 is 5.33. The second kappa shape index (κ2) is 15.3. The first-order valence-electron chi connectivity index (χ1n) is 13.7. The molecule has 12 heteroatoms. The van der Waals surface area contributed by atoms with E-state index >= 15 is 0 Å². The Hall–Kier alpha value is -3.18. The van der Waals surface area contributed by atoms with Crippen LogP contribution in [0.4, 0.5) is 0 Å². The number of carbonyl (C=O) groups is 6. The van der Waals surface area contributed by atoms with Crippen molar-refractivity contribution in [2.45, 2.75) is 115 Å². The molecule has 1 unspecified atom stereocenters. The van der Waals surface area contributed by atoms with Gasteiger partial charge in [0.05, 0.1) is 0 Å². The lowest BCUT2D eigenvalue weighted by Crippen LogP contribution is -2.58. The summed E-state index contributed by atoms with van der Waals surface area (Å²) in [5.74, 6) is -3.14. The molecule has 38 heavy (non-hydrogen) atoms. The SMILES string of the molecule is CCCC(=O)N1CCC[C@H]1C(=O)N1CCC[C@H]1C(=O)NC(C(N)=O)[C@@H](C)OC(=O)CCCCCCC(=O)O. The summed E-state index contributed by atoms with van der Waals surface area (Å²) in [5, 5.41) is 11.2. The van der Waals surface area contributed by atoms with Gasteiger partial charge in [0.1, 0.15) is 24.2 Å². The van der Waals surface area contributed by atoms with Crippen molar-refractivity contribution >= 4 is 35.6 Å². The molecule has 2 heterocycles. The van der Waals surface area contributed by atoms with E-state index in [0.717, 1.165) is 6.42 Å². The summed E-state index contributed by atoms with van der Waals surface area (Å²) in [6, 6.07) is -2.66. The molecule has 0 aliphatic carbocycles. The van der Waals surface area contributed by atoms with E-state index in [0.29, 0.717) is 70.9 Å². The van der Waals surface area contributed by atoms with E-state index in [1.54, 1.807) is 4.90 Å². The number of hydrogen-bond acceptors (Lipinski definition) is 7. The number of unbranched alkanes of at least 4 members (excludes halogenated alkanes) is 3. The maximum Gasteiger partial charge on any atom is 0.306 e. The van der Waals surface area contributed by atoms with Gasteiger partial charge in [-0.15, -0.1) is 0 Å². The first-order chi connectivity index (χ1) is 18.1. The zero-order chi connectivity index (χ0) is 28.2. The van der Waals surface area contributed by atoms with Gasteiger partial charge in [0.2, 0.25) is 23.6 Å². The number of hydrogen-bond donors (Lipinski definition) is 3. The van der Waals surface area contributed by atoms with Crippen LogP contribution < -0.4 is 11.1 Å². The Labute approximate surface area is 223 Å². The maximum atomic E-state index is 13.3. The molecule has 0 radical (unpaired) electrons. The number of carboxylic acids is 1. The molecule has 2 rings (SSSR count). The van der Waals surface area contributed by atoms with E-state index < -0.39 is 48.0 Å². The normalized spacial score (nSPS) is 20.6. The number of primary amides is 1. The molecule has 12 nitrogen and oxygen atoms in total. The van der Waals surface area contributed by atoms with Crippen molar-refractivity contribution in [3.8, 4) is 0 Å². The van der Waals surface area contributed by atoms with E-state index in [4.69, 9.17) is 15.6 Å². The van der Waals surface area contributed by atoms with Gasteiger partial charge in [0.15, 0.2) is 0 Å². The van der Waals surface area contributed by atoms with Crippen LogP contribution in [-0.4, -0.2) is 87.8 Å². The Morgan fingerprint density at radius 1 is 0.921 bits per heavy atom. The van der Waals surface area contributed by atoms with Crippen molar-refractivity contribution in [1.82, 2.24) is 15.1 Å². The van der Waals surface area contributed by atoms with Crippen LogP contribution in [0.25, 0.3) is 0 Å². The van der Waals surface area contributed by atoms with E-state index in [9.17, 15) is 28.8 Å². The molecular weight excluding hydrogens is 496 g/mol. The van der Waals surface area contributed by atoms with Gasteiger partial charge in [-0.25, -0.2) is 0 Å². The first kappa shape index (κ1) is 31.0. The topological polar surface area (TPSA) is 176 Å². The molecule has 0 saturated carbocycles. The molecule has 0 spiro atoms. The number of nitrogens with two attached hydrogens (primary N) is 1. The van der Waals surface area contributed by atoms with Crippen LogP contribution in [-0.2, 0) is 33.5 Å². The van der Waals surface area contributed by atoms with Crippen LogP contribution in [0.3, 0.4) is 0 Å². The molecule has 0 bridgehead atoms. The standard InChI is InChI=1S/C26H42N4O8/c1-3-10-20(31)29-15-9-12-19(29)26(37)30-16-8-11-18(30)25(36)28-23(24(27)35)17(2)38-22(34)14-7-5-4-6-13-21(32)33/h17-19,23H,3-16H2,1-2H3,(H2,27,35)(H,28,36)(H,32,33)/t17-,18+,19+,23?/m1/s1. The van der Waals surface area contributed by atoms with Crippen molar-refractivity contribution in [2.24, 2.45) is 5.73 Å². The lowest BCUT2D eigenvalue weighted by molar-refractivity contribution is -0.153. The quantitative estimate of drug-likeness (QED) is 0.205. The highest BCUT2D eigenvalue weighted by Crippen LogP contribution is 2.26. The summed E-state index contributed by atoms with van der Waals surface area (Å²) in [5.41, 5.74) is 5.50. The third-order valence-corrected chi connectivity index (χ3v) is 7.07. The zero-order valence-electron chi connectivity index (χ0n) is 22.5. The summed E-state index contributed by atoms with van der Waals surface area (Å²) >= 11 is 0. The highest BCUT2D eigenvalue weighted by atomic mass is 16.5. The number of amides is 4. The third kappa shape index (κ3) is 8.98. The van der Waals surface area contributed by atoms with Crippen LogP contribution in [0.2, 0.25) is 0 Å². The minimum Gasteiger partial charge on any atom is -0.481 e. The van der Waals surface area contributed by atoms with E-state index in [1.807, 2.05) is 6.92 Å². The average molecular weight is 539 g/mol. The summed E-state index contributed by atoms with van der Waals surface area (Å²) in [4.78, 5) is 76.9. The van der Waals surface area contributed by atoms with Crippen molar-refractivity contribution < 1.29 is 38.6 Å². The Morgan fingerprint density at radius 2 is 1.53 bits per heavy atom. The van der Waals surface area contributed by atoms with E-state index in [1.165, 1.54) is 11.8 Å². The molecule has 4 amide bonds. The number of nitrogens with zero attached hydrogens (tertiary/aromatic N) is 2. The minimum atomic E-state index is -1.27. The largest absolute Gasteiger partial charge is 0.481 e. The van der Waals surface area contributed by atoms with E-state index in [-0.39, 0.29) is 24.7 Å². The lowest BCUT2D eigenvalue weighted by Gasteiger charge is -2.32. The van der Waals surface area contributed by atoms with Crippen LogP contribution in [0.5, 0.6) is 0 Å². The van der Waals surface area contributed by atoms with Crippen LogP contribution in [0, 0.1) is 0 Å². The summed E-state index contributed by atoms with van der Waals surface area (Å²) in [6.07, 6.45) is 4.91.